The summed E-state index contributed by atoms with van der Waals surface area (Å²) >= 11 is 0. The minimum Gasteiger partial charge on any atom is -0.497 e. The highest BCUT2D eigenvalue weighted by Crippen LogP contribution is 2.12. The minimum atomic E-state index is -0.696. The summed E-state index contributed by atoms with van der Waals surface area (Å²) in [6, 6.07) is 12.0. The van der Waals surface area contributed by atoms with Crippen LogP contribution in [0.1, 0.15) is 29.8 Å². The van der Waals surface area contributed by atoms with Gasteiger partial charge in [0.25, 0.3) is 5.91 Å². The van der Waals surface area contributed by atoms with Gasteiger partial charge in [0.05, 0.1) is 7.11 Å². The zero-order valence-corrected chi connectivity index (χ0v) is 15.1. The summed E-state index contributed by atoms with van der Waals surface area (Å²) in [5.41, 5.74) is 1.09. The first-order chi connectivity index (χ1) is 12.4. The molecule has 5 nitrogen and oxygen atoms in total. The smallest absolute Gasteiger partial charge is 0.251 e. The summed E-state index contributed by atoms with van der Waals surface area (Å²) in [4.78, 5) is 24.9. The van der Waals surface area contributed by atoms with E-state index in [1.165, 1.54) is 12.1 Å². The lowest BCUT2D eigenvalue weighted by Gasteiger charge is -2.22. The lowest BCUT2D eigenvalue weighted by molar-refractivity contribution is -0.124. The van der Waals surface area contributed by atoms with Crippen LogP contribution in [0.25, 0.3) is 0 Å². The van der Waals surface area contributed by atoms with Gasteiger partial charge in [-0.25, -0.2) is 4.39 Å². The quantitative estimate of drug-likeness (QED) is 0.800. The van der Waals surface area contributed by atoms with Crippen molar-refractivity contribution < 1.29 is 18.7 Å². The minimum absolute atomic E-state index is 0.107. The van der Waals surface area contributed by atoms with Gasteiger partial charge in [-0.15, -0.1) is 0 Å². The fourth-order valence-corrected chi connectivity index (χ4v) is 2.45. The molecule has 0 heterocycles. The molecule has 0 fully saturated rings. The van der Waals surface area contributed by atoms with Crippen molar-refractivity contribution in [3.63, 3.8) is 0 Å². The zero-order chi connectivity index (χ0) is 19.1. The fraction of sp³-hybridized carbons (Fsp3) is 0.300. The Labute approximate surface area is 152 Å². The Morgan fingerprint density at radius 3 is 2.38 bits per heavy atom. The van der Waals surface area contributed by atoms with Gasteiger partial charge < -0.3 is 15.4 Å². The molecule has 2 aromatic rings. The van der Waals surface area contributed by atoms with E-state index in [0.29, 0.717) is 16.9 Å². The highest BCUT2D eigenvalue weighted by Gasteiger charge is 2.24. The van der Waals surface area contributed by atoms with Crippen LogP contribution in [0.3, 0.4) is 0 Å². The number of carbonyl (C=O) groups is 2. The van der Waals surface area contributed by atoms with Gasteiger partial charge in [-0.3, -0.25) is 9.59 Å². The molecule has 2 aromatic carbocycles. The number of hydrogen-bond acceptors (Lipinski definition) is 3. The molecule has 0 spiro atoms. The molecule has 2 N–H and O–H groups in total. The van der Waals surface area contributed by atoms with Gasteiger partial charge in [0.1, 0.15) is 17.6 Å². The lowest BCUT2D eigenvalue weighted by atomic mass is 10.0. The highest BCUT2D eigenvalue weighted by atomic mass is 19.1. The number of ether oxygens (including phenoxy) is 1. The molecule has 0 saturated carbocycles. The molecule has 2 rings (SSSR count). The van der Waals surface area contributed by atoms with Gasteiger partial charge >= 0.3 is 0 Å². The second-order valence-corrected chi connectivity index (χ2v) is 6.27. The van der Waals surface area contributed by atoms with Crippen LogP contribution in [0.2, 0.25) is 0 Å². The Bertz CT molecular complexity index is 760. The van der Waals surface area contributed by atoms with Crippen LogP contribution in [0.15, 0.2) is 48.5 Å². The van der Waals surface area contributed by atoms with Crippen molar-refractivity contribution in [3.8, 4) is 5.75 Å². The topological polar surface area (TPSA) is 67.4 Å². The maximum atomic E-state index is 13.2. The molecule has 2 amide bonds. The number of methoxy groups -OCH3 is 1. The number of rotatable bonds is 7. The van der Waals surface area contributed by atoms with Crippen LogP contribution in [0.4, 0.5) is 4.39 Å². The van der Waals surface area contributed by atoms with E-state index < -0.39 is 6.04 Å². The van der Waals surface area contributed by atoms with Gasteiger partial charge in [-0.1, -0.05) is 26.0 Å². The van der Waals surface area contributed by atoms with E-state index >= 15 is 0 Å². The van der Waals surface area contributed by atoms with Crippen LogP contribution >= 0.6 is 0 Å². The van der Waals surface area contributed by atoms with E-state index in [2.05, 4.69) is 10.6 Å². The summed E-state index contributed by atoms with van der Waals surface area (Å²) in [5.74, 6) is -0.470. The van der Waals surface area contributed by atoms with Crippen LogP contribution in [-0.2, 0) is 11.3 Å². The molecule has 26 heavy (non-hydrogen) atoms. The van der Waals surface area contributed by atoms with E-state index in [-0.39, 0.29) is 30.1 Å². The summed E-state index contributed by atoms with van der Waals surface area (Å²) < 4.78 is 18.3. The zero-order valence-electron chi connectivity index (χ0n) is 15.1. The molecule has 1 atom stereocenters. The Morgan fingerprint density at radius 2 is 1.81 bits per heavy atom. The summed E-state index contributed by atoms with van der Waals surface area (Å²) in [5, 5.41) is 5.49. The Kier molecular flexibility index (Phi) is 6.72. The molecular weight excluding hydrogens is 335 g/mol. The van der Waals surface area contributed by atoms with E-state index in [4.69, 9.17) is 4.74 Å². The second kappa shape index (κ2) is 8.99. The van der Waals surface area contributed by atoms with E-state index in [9.17, 15) is 14.0 Å². The highest BCUT2D eigenvalue weighted by molar-refractivity contribution is 5.97. The SMILES string of the molecule is COc1ccc(C(=O)NC(C(=O)NCc2cccc(F)c2)C(C)C)cc1. The average molecular weight is 358 g/mol. The van der Waals surface area contributed by atoms with Crippen molar-refractivity contribution in [2.45, 2.75) is 26.4 Å². The monoisotopic (exact) mass is 358 g/mol. The fourth-order valence-electron chi connectivity index (χ4n) is 2.45. The van der Waals surface area contributed by atoms with Crippen molar-refractivity contribution in [1.82, 2.24) is 10.6 Å². The van der Waals surface area contributed by atoms with E-state index in [1.54, 1.807) is 43.5 Å². The molecule has 1 unspecified atom stereocenters. The molecule has 0 aliphatic rings. The van der Waals surface area contributed by atoms with E-state index in [0.717, 1.165) is 0 Å². The number of amides is 2. The predicted molar refractivity (Wildman–Crippen MR) is 97.3 cm³/mol. The van der Waals surface area contributed by atoms with Crippen LogP contribution < -0.4 is 15.4 Å². The molecule has 0 aromatic heterocycles. The van der Waals surface area contributed by atoms with Gasteiger partial charge in [-0.2, -0.15) is 0 Å². The summed E-state index contributed by atoms with van der Waals surface area (Å²) in [6.45, 7) is 3.89. The largest absolute Gasteiger partial charge is 0.497 e. The number of hydrogen-bond donors (Lipinski definition) is 2. The third kappa shape index (κ3) is 5.31. The van der Waals surface area contributed by atoms with Gasteiger partial charge in [0.2, 0.25) is 5.91 Å². The van der Waals surface area contributed by atoms with Crippen molar-refractivity contribution in [2.24, 2.45) is 5.92 Å². The van der Waals surface area contributed by atoms with Crippen LogP contribution in [0, 0.1) is 11.7 Å². The second-order valence-electron chi connectivity index (χ2n) is 6.27. The standard InChI is InChI=1S/C20H23FN2O3/c1-13(2)18(20(25)22-12-14-5-4-6-16(21)11-14)23-19(24)15-7-9-17(26-3)10-8-15/h4-11,13,18H,12H2,1-3H3,(H,22,25)(H,23,24). The van der Waals surface area contributed by atoms with Crippen molar-refractivity contribution in [1.29, 1.82) is 0 Å². The molecule has 0 aliphatic carbocycles. The first-order valence-corrected chi connectivity index (χ1v) is 8.37. The Hall–Kier alpha value is -2.89. The average Bonchev–Trinajstić information content (AvgIpc) is 2.64. The van der Waals surface area contributed by atoms with Crippen molar-refractivity contribution in [2.75, 3.05) is 7.11 Å². The number of nitrogens with one attached hydrogen (secondary N) is 2. The maximum absolute atomic E-state index is 13.2. The van der Waals surface area contributed by atoms with E-state index in [1.807, 2.05) is 13.8 Å². The van der Waals surface area contributed by atoms with Gasteiger partial charge in [-0.05, 0) is 47.9 Å². The maximum Gasteiger partial charge on any atom is 0.251 e. The lowest BCUT2D eigenvalue weighted by Crippen LogP contribution is -2.49. The molecule has 0 saturated heterocycles. The van der Waals surface area contributed by atoms with Crippen LogP contribution in [0.5, 0.6) is 5.75 Å². The van der Waals surface area contributed by atoms with Gasteiger partial charge in [0, 0.05) is 12.1 Å². The molecule has 0 radical (unpaired) electrons. The summed E-state index contributed by atoms with van der Waals surface area (Å²) in [6.07, 6.45) is 0. The number of halogens is 1. The van der Waals surface area contributed by atoms with Crippen LogP contribution in [-0.4, -0.2) is 25.0 Å². The normalized spacial score (nSPS) is 11.7. The first kappa shape index (κ1) is 19.4. The molecule has 6 heteroatoms. The first-order valence-electron chi connectivity index (χ1n) is 8.37. The van der Waals surface area contributed by atoms with Gasteiger partial charge in [0.15, 0.2) is 0 Å². The molecular formula is C20H23FN2O3. The molecule has 0 aliphatic heterocycles. The Morgan fingerprint density at radius 1 is 1.12 bits per heavy atom. The van der Waals surface area contributed by atoms with Crippen molar-refractivity contribution in [3.05, 3.63) is 65.5 Å². The third-order valence-electron chi connectivity index (χ3n) is 3.94. The third-order valence-corrected chi connectivity index (χ3v) is 3.94. The number of carbonyl (C=O) groups excluding carboxylic acids is 2. The molecule has 138 valence electrons. The van der Waals surface area contributed by atoms with Crippen molar-refractivity contribution >= 4 is 11.8 Å². The number of benzene rings is 2. The Balaban J connectivity index is 2.00. The molecule has 0 bridgehead atoms. The predicted octanol–water partition coefficient (Wildman–Crippen LogP) is 2.91. The summed E-state index contributed by atoms with van der Waals surface area (Å²) in [7, 11) is 1.55.